The normalized spacial score (nSPS) is 44.0. The van der Waals surface area contributed by atoms with Crippen LogP contribution in [-0.2, 0) is 0 Å². The topological polar surface area (TPSA) is 0 Å². The SMILES string of the molecule is CC[C@@H]1CCCP1C1C=CCC1P1[C@H](CC)CC[C@H]1CC. The predicted molar refractivity (Wildman–Crippen MR) is 101 cm³/mol. The summed E-state index contributed by atoms with van der Waals surface area (Å²) in [6.45, 7) is 7.37. The van der Waals surface area contributed by atoms with Gasteiger partial charge in [0, 0.05) is 5.66 Å². The maximum atomic E-state index is 2.70. The highest BCUT2D eigenvalue weighted by Crippen LogP contribution is 2.69. The molecule has 3 aliphatic rings. The van der Waals surface area contributed by atoms with Crippen molar-refractivity contribution in [1.82, 2.24) is 0 Å². The number of hydrogen-bond donors (Lipinski definition) is 0. The van der Waals surface area contributed by atoms with Crippen molar-refractivity contribution < 1.29 is 0 Å². The molecule has 2 heterocycles. The quantitative estimate of drug-likeness (QED) is 0.396. The molecule has 0 bridgehead atoms. The van der Waals surface area contributed by atoms with Crippen molar-refractivity contribution in [2.24, 2.45) is 0 Å². The van der Waals surface area contributed by atoms with Crippen LogP contribution in [0.15, 0.2) is 12.2 Å². The van der Waals surface area contributed by atoms with E-state index in [1.165, 1.54) is 32.1 Å². The van der Waals surface area contributed by atoms with Crippen molar-refractivity contribution in [2.75, 3.05) is 6.16 Å². The predicted octanol–water partition coefficient (Wildman–Crippen LogP) is 6.57. The minimum atomic E-state index is 0.301. The molecule has 2 fully saturated rings. The van der Waals surface area contributed by atoms with Gasteiger partial charge in [-0.05, 0) is 80.2 Å². The Kier molecular flexibility index (Phi) is 5.84. The molecule has 0 N–H and O–H groups in total. The summed E-state index contributed by atoms with van der Waals surface area (Å²) in [4.78, 5) is 0. The van der Waals surface area contributed by atoms with Crippen LogP contribution >= 0.6 is 15.8 Å². The van der Waals surface area contributed by atoms with Crippen molar-refractivity contribution in [3.8, 4) is 0 Å². The van der Waals surface area contributed by atoms with Gasteiger partial charge in [0.2, 0.25) is 0 Å². The van der Waals surface area contributed by atoms with E-state index in [4.69, 9.17) is 0 Å². The Morgan fingerprint density at radius 2 is 1.57 bits per heavy atom. The molecule has 2 saturated heterocycles. The average molecular weight is 324 g/mol. The lowest BCUT2D eigenvalue weighted by Gasteiger charge is -2.38. The third-order valence-corrected chi connectivity index (χ3v) is 14.5. The minimum Gasteiger partial charge on any atom is -0.0959 e. The molecule has 120 valence electrons. The summed E-state index contributed by atoms with van der Waals surface area (Å²) < 4.78 is 0. The first-order valence-corrected chi connectivity index (χ1v) is 12.7. The fraction of sp³-hybridized carbons (Fsp3) is 0.895. The third kappa shape index (κ3) is 3.15. The molecule has 3 rings (SSSR count). The molecular weight excluding hydrogens is 290 g/mol. The summed E-state index contributed by atoms with van der Waals surface area (Å²) in [6, 6.07) is 0. The highest BCUT2D eigenvalue weighted by molar-refractivity contribution is 7.64. The maximum Gasteiger partial charge on any atom is 0.00436 e. The molecule has 1 aliphatic carbocycles. The van der Waals surface area contributed by atoms with Crippen LogP contribution in [0.2, 0.25) is 0 Å². The Balaban J connectivity index is 1.77. The summed E-state index contributed by atoms with van der Waals surface area (Å²) in [5, 5.41) is 0. The fourth-order valence-electron chi connectivity index (χ4n) is 5.30. The Bertz CT molecular complexity index is 353. The van der Waals surface area contributed by atoms with Crippen molar-refractivity contribution in [3.05, 3.63) is 12.2 Å². The first-order chi connectivity index (χ1) is 10.3. The molecule has 0 radical (unpaired) electrons. The fourth-order valence-corrected chi connectivity index (χ4v) is 14.1. The standard InChI is InChI=1S/C19H34P2/c1-4-15-9-8-14-20(15)18-10-7-11-19(18)21-16(5-2)12-13-17(21)6-3/h7,10,15-19H,4-6,8-9,11-14H2,1-3H3/t15-,16-,17-,18?,19?,20?/m1/s1. The van der Waals surface area contributed by atoms with E-state index >= 15 is 0 Å². The van der Waals surface area contributed by atoms with Gasteiger partial charge in [0.15, 0.2) is 0 Å². The van der Waals surface area contributed by atoms with Crippen LogP contribution in [0.5, 0.6) is 0 Å². The van der Waals surface area contributed by atoms with Crippen LogP contribution in [0.3, 0.4) is 0 Å². The summed E-state index contributed by atoms with van der Waals surface area (Å²) in [7, 11) is 0.617. The maximum absolute atomic E-state index is 2.70. The van der Waals surface area contributed by atoms with Gasteiger partial charge < -0.3 is 0 Å². The molecular formula is C19H34P2. The van der Waals surface area contributed by atoms with Gasteiger partial charge in [-0.15, -0.1) is 0 Å². The van der Waals surface area contributed by atoms with E-state index < -0.39 is 0 Å². The van der Waals surface area contributed by atoms with Gasteiger partial charge in [0.1, 0.15) is 0 Å². The summed E-state index contributed by atoms with van der Waals surface area (Å²) in [5.41, 5.74) is 5.44. The molecule has 3 unspecified atom stereocenters. The van der Waals surface area contributed by atoms with Gasteiger partial charge >= 0.3 is 0 Å². The van der Waals surface area contributed by atoms with E-state index in [0.29, 0.717) is 15.8 Å². The highest BCUT2D eigenvalue weighted by atomic mass is 31.1. The Morgan fingerprint density at radius 3 is 2.19 bits per heavy atom. The van der Waals surface area contributed by atoms with E-state index in [1.54, 1.807) is 25.4 Å². The highest BCUT2D eigenvalue weighted by Gasteiger charge is 2.45. The summed E-state index contributed by atoms with van der Waals surface area (Å²) in [6.07, 6.45) is 18.9. The molecule has 0 spiro atoms. The minimum absolute atomic E-state index is 0.301. The Morgan fingerprint density at radius 1 is 0.905 bits per heavy atom. The first kappa shape index (κ1) is 16.5. The number of hydrogen-bond acceptors (Lipinski definition) is 0. The van der Waals surface area contributed by atoms with Gasteiger partial charge in [-0.2, -0.15) is 0 Å². The lowest BCUT2D eigenvalue weighted by molar-refractivity contribution is 0.696. The second kappa shape index (κ2) is 7.45. The van der Waals surface area contributed by atoms with E-state index in [-0.39, 0.29) is 0 Å². The molecule has 0 aromatic heterocycles. The Labute approximate surface area is 135 Å². The summed E-state index contributed by atoms with van der Waals surface area (Å²) >= 11 is 0. The van der Waals surface area contributed by atoms with E-state index in [1.807, 2.05) is 0 Å². The van der Waals surface area contributed by atoms with Crippen LogP contribution in [0.25, 0.3) is 0 Å². The lowest BCUT2D eigenvalue weighted by atomic mass is 10.1. The Hall–Kier alpha value is 0.600. The number of rotatable bonds is 5. The molecule has 0 aromatic carbocycles. The van der Waals surface area contributed by atoms with Crippen molar-refractivity contribution >= 4 is 15.8 Å². The second-order valence-corrected chi connectivity index (χ2v) is 13.1. The molecule has 2 aliphatic heterocycles. The molecule has 6 atom stereocenters. The van der Waals surface area contributed by atoms with Gasteiger partial charge in [0.05, 0.1) is 0 Å². The molecule has 21 heavy (non-hydrogen) atoms. The van der Waals surface area contributed by atoms with E-state index in [9.17, 15) is 0 Å². The summed E-state index contributed by atoms with van der Waals surface area (Å²) in [5.74, 6) is 0. The van der Waals surface area contributed by atoms with Crippen molar-refractivity contribution in [3.63, 3.8) is 0 Å². The van der Waals surface area contributed by atoms with Crippen molar-refractivity contribution in [1.29, 1.82) is 0 Å². The molecule has 0 saturated carbocycles. The zero-order chi connectivity index (χ0) is 14.8. The zero-order valence-electron chi connectivity index (χ0n) is 14.3. The van der Waals surface area contributed by atoms with E-state index in [0.717, 1.165) is 28.3 Å². The van der Waals surface area contributed by atoms with Gasteiger partial charge in [-0.3, -0.25) is 0 Å². The van der Waals surface area contributed by atoms with Gasteiger partial charge in [-0.25, -0.2) is 0 Å². The van der Waals surface area contributed by atoms with Crippen LogP contribution in [0.4, 0.5) is 0 Å². The lowest BCUT2D eigenvalue weighted by Crippen LogP contribution is -2.25. The van der Waals surface area contributed by atoms with Crippen LogP contribution < -0.4 is 0 Å². The monoisotopic (exact) mass is 324 g/mol. The third-order valence-electron chi connectivity index (χ3n) is 6.38. The van der Waals surface area contributed by atoms with Crippen LogP contribution in [-0.4, -0.2) is 34.5 Å². The van der Waals surface area contributed by atoms with Crippen LogP contribution in [0, 0.1) is 0 Å². The zero-order valence-corrected chi connectivity index (χ0v) is 16.1. The molecule has 0 amide bonds. The van der Waals surface area contributed by atoms with Gasteiger partial charge in [0.25, 0.3) is 0 Å². The first-order valence-electron chi connectivity index (χ1n) is 9.49. The number of allylic oxidation sites excluding steroid dienone is 2. The smallest absolute Gasteiger partial charge is 0.00436 e. The van der Waals surface area contributed by atoms with Gasteiger partial charge in [-0.1, -0.05) is 48.8 Å². The molecule has 0 aromatic rings. The molecule has 2 heteroatoms. The van der Waals surface area contributed by atoms with Crippen molar-refractivity contribution in [2.45, 2.75) is 100 Å². The average Bonchev–Trinajstić information content (AvgIpc) is 3.23. The second-order valence-electron chi connectivity index (χ2n) is 7.31. The molecule has 0 nitrogen and oxygen atoms in total. The van der Waals surface area contributed by atoms with E-state index in [2.05, 4.69) is 32.9 Å². The van der Waals surface area contributed by atoms with Crippen LogP contribution in [0.1, 0.15) is 72.1 Å². The largest absolute Gasteiger partial charge is 0.0959 e.